The van der Waals surface area contributed by atoms with Crippen LogP contribution in [0.3, 0.4) is 0 Å². The normalized spacial score (nSPS) is 10.2. The van der Waals surface area contributed by atoms with Crippen LogP contribution in [-0.2, 0) is 6.54 Å². The Balaban J connectivity index is 1.56. The van der Waals surface area contributed by atoms with Crippen molar-refractivity contribution in [2.75, 3.05) is 19.5 Å². The van der Waals surface area contributed by atoms with Crippen molar-refractivity contribution in [2.24, 2.45) is 0 Å². The fraction of sp³-hybridized carbons (Fsp3) is 0.167. The van der Waals surface area contributed by atoms with Crippen LogP contribution in [-0.4, -0.2) is 29.5 Å². The first-order chi connectivity index (χ1) is 12.7. The Morgan fingerprint density at radius 2 is 1.85 bits per heavy atom. The molecule has 1 aromatic heterocycles. The van der Waals surface area contributed by atoms with Crippen molar-refractivity contribution in [3.05, 3.63) is 54.4 Å². The first-order valence-electron chi connectivity index (χ1n) is 7.84. The van der Waals surface area contributed by atoms with Crippen molar-refractivity contribution in [3.63, 3.8) is 0 Å². The molecule has 3 rings (SSSR count). The maximum absolute atomic E-state index is 5.27. The predicted octanol–water partition coefficient (Wildman–Crippen LogP) is 3.24. The monoisotopic (exact) mass is 370 g/mol. The van der Waals surface area contributed by atoms with Crippen molar-refractivity contribution < 1.29 is 14.0 Å². The number of nitrogens with zero attached hydrogens (tertiary/aromatic N) is 2. The van der Waals surface area contributed by atoms with Gasteiger partial charge in [-0.15, -0.1) is 0 Å². The zero-order valence-electron chi connectivity index (χ0n) is 14.4. The zero-order valence-corrected chi connectivity index (χ0v) is 15.2. The summed E-state index contributed by atoms with van der Waals surface area (Å²) in [6.45, 7) is 0.318. The Morgan fingerprint density at radius 3 is 2.58 bits per heavy atom. The van der Waals surface area contributed by atoms with E-state index < -0.39 is 0 Å². The topological polar surface area (TPSA) is 81.4 Å². The van der Waals surface area contributed by atoms with Crippen LogP contribution in [0.5, 0.6) is 11.5 Å². The van der Waals surface area contributed by atoms with Gasteiger partial charge in [-0.05, 0) is 48.6 Å². The molecule has 0 spiro atoms. The fourth-order valence-corrected chi connectivity index (χ4v) is 2.40. The van der Waals surface area contributed by atoms with Crippen molar-refractivity contribution in [3.8, 4) is 22.9 Å². The minimum Gasteiger partial charge on any atom is -0.497 e. The number of nitrogens with one attached hydrogen (secondary N) is 2. The minimum atomic E-state index is 0.318. The standard InChI is InChI=1S/C18H18N4O3S/c1-23-14-8-6-13(7-9-14)20-18(26)19-11-16-21-17(22-25-16)12-4-3-5-15(10-12)24-2/h3-10H,11H2,1-2H3,(H2,19,20,26). The molecule has 0 saturated carbocycles. The van der Waals surface area contributed by atoms with Gasteiger partial charge in [0.2, 0.25) is 11.7 Å². The summed E-state index contributed by atoms with van der Waals surface area (Å²) in [5.41, 5.74) is 1.67. The van der Waals surface area contributed by atoms with Gasteiger partial charge in [0.25, 0.3) is 0 Å². The molecule has 0 aliphatic rings. The van der Waals surface area contributed by atoms with E-state index in [9.17, 15) is 0 Å². The van der Waals surface area contributed by atoms with Gasteiger partial charge in [0.1, 0.15) is 11.5 Å². The summed E-state index contributed by atoms with van der Waals surface area (Å²) < 4.78 is 15.6. The number of aromatic nitrogens is 2. The van der Waals surface area contributed by atoms with E-state index in [1.165, 1.54) is 0 Å². The summed E-state index contributed by atoms with van der Waals surface area (Å²) in [6, 6.07) is 14.9. The summed E-state index contributed by atoms with van der Waals surface area (Å²) in [6.07, 6.45) is 0. The van der Waals surface area contributed by atoms with Gasteiger partial charge in [-0.25, -0.2) is 0 Å². The lowest BCUT2D eigenvalue weighted by Crippen LogP contribution is -2.27. The van der Waals surface area contributed by atoms with E-state index in [-0.39, 0.29) is 0 Å². The van der Waals surface area contributed by atoms with Gasteiger partial charge in [-0.2, -0.15) is 4.98 Å². The van der Waals surface area contributed by atoms with Crippen LogP contribution >= 0.6 is 12.2 Å². The Bertz CT molecular complexity index is 880. The Morgan fingerprint density at radius 1 is 1.08 bits per heavy atom. The second-order valence-electron chi connectivity index (χ2n) is 5.28. The van der Waals surface area contributed by atoms with E-state index in [1.54, 1.807) is 14.2 Å². The number of methoxy groups -OCH3 is 2. The number of rotatable bonds is 6. The molecule has 2 N–H and O–H groups in total. The second kappa shape index (κ2) is 8.30. The molecular formula is C18H18N4O3S. The van der Waals surface area contributed by atoms with E-state index in [0.717, 1.165) is 22.7 Å². The van der Waals surface area contributed by atoms with Crippen molar-refractivity contribution >= 4 is 23.0 Å². The molecule has 3 aromatic rings. The van der Waals surface area contributed by atoms with Crippen molar-refractivity contribution in [1.82, 2.24) is 15.5 Å². The maximum Gasteiger partial charge on any atom is 0.246 e. The second-order valence-corrected chi connectivity index (χ2v) is 5.69. The van der Waals surface area contributed by atoms with Gasteiger partial charge in [0.05, 0.1) is 20.8 Å². The molecule has 0 aliphatic carbocycles. The molecule has 2 aromatic carbocycles. The number of hydrogen-bond donors (Lipinski definition) is 2. The van der Waals surface area contributed by atoms with Gasteiger partial charge in [0.15, 0.2) is 5.11 Å². The molecular weight excluding hydrogens is 352 g/mol. The highest BCUT2D eigenvalue weighted by Gasteiger charge is 2.10. The number of hydrogen-bond acceptors (Lipinski definition) is 6. The molecule has 134 valence electrons. The maximum atomic E-state index is 5.27. The zero-order chi connectivity index (χ0) is 18.4. The van der Waals surface area contributed by atoms with Crippen LogP contribution in [0.4, 0.5) is 5.69 Å². The minimum absolute atomic E-state index is 0.318. The Kier molecular flexibility index (Phi) is 5.65. The summed E-state index contributed by atoms with van der Waals surface area (Å²) in [5, 5.41) is 10.5. The van der Waals surface area contributed by atoms with Gasteiger partial charge >= 0.3 is 0 Å². The quantitative estimate of drug-likeness (QED) is 0.640. The Labute approximate surface area is 156 Å². The third kappa shape index (κ3) is 4.48. The molecule has 0 aliphatic heterocycles. The highest BCUT2D eigenvalue weighted by Crippen LogP contribution is 2.21. The summed E-state index contributed by atoms with van der Waals surface area (Å²) >= 11 is 5.27. The summed E-state index contributed by atoms with van der Waals surface area (Å²) in [5.74, 6) is 2.44. The number of benzene rings is 2. The SMILES string of the molecule is COc1ccc(NC(=S)NCc2nc(-c3cccc(OC)c3)no2)cc1. The smallest absolute Gasteiger partial charge is 0.246 e. The van der Waals surface area contributed by atoms with Crippen LogP contribution in [0.1, 0.15) is 5.89 Å². The molecule has 0 unspecified atom stereocenters. The predicted molar refractivity (Wildman–Crippen MR) is 102 cm³/mol. The number of ether oxygens (including phenoxy) is 2. The lowest BCUT2D eigenvalue weighted by molar-refractivity contribution is 0.376. The van der Waals surface area contributed by atoms with Gasteiger partial charge in [0, 0.05) is 11.3 Å². The van der Waals surface area contributed by atoms with E-state index in [0.29, 0.717) is 23.4 Å². The molecule has 1 heterocycles. The first kappa shape index (κ1) is 17.7. The van der Waals surface area contributed by atoms with Crippen LogP contribution in [0.15, 0.2) is 53.1 Å². The lowest BCUT2D eigenvalue weighted by atomic mass is 10.2. The van der Waals surface area contributed by atoms with Gasteiger partial charge in [-0.3, -0.25) is 0 Å². The highest BCUT2D eigenvalue weighted by molar-refractivity contribution is 7.80. The van der Waals surface area contributed by atoms with Crippen molar-refractivity contribution in [2.45, 2.75) is 6.54 Å². The van der Waals surface area contributed by atoms with Crippen molar-refractivity contribution in [1.29, 1.82) is 0 Å². The average molecular weight is 370 g/mol. The lowest BCUT2D eigenvalue weighted by Gasteiger charge is -2.09. The summed E-state index contributed by atoms with van der Waals surface area (Å²) in [4.78, 5) is 4.36. The number of anilines is 1. The first-order valence-corrected chi connectivity index (χ1v) is 8.24. The molecule has 0 radical (unpaired) electrons. The molecule has 0 amide bonds. The van der Waals surface area contributed by atoms with E-state index >= 15 is 0 Å². The molecule has 0 fully saturated rings. The van der Waals surface area contributed by atoms with E-state index in [2.05, 4.69) is 20.8 Å². The van der Waals surface area contributed by atoms with Crippen LogP contribution in [0.25, 0.3) is 11.4 Å². The van der Waals surface area contributed by atoms with E-state index in [4.69, 9.17) is 26.2 Å². The van der Waals surface area contributed by atoms with Gasteiger partial charge in [-0.1, -0.05) is 17.3 Å². The molecule has 0 saturated heterocycles. The Hall–Kier alpha value is -3.13. The average Bonchev–Trinajstić information content (AvgIpc) is 3.16. The number of thiocarbonyl (C=S) groups is 1. The van der Waals surface area contributed by atoms with Crippen LogP contribution in [0, 0.1) is 0 Å². The van der Waals surface area contributed by atoms with Crippen LogP contribution < -0.4 is 20.1 Å². The largest absolute Gasteiger partial charge is 0.497 e. The van der Waals surface area contributed by atoms with Gasteiger partial charge < -0.3 is 24.6 Å². The third-order valence-electron chi connectivity index (χ3n) is 3.54. The molecule has 7 nitrogen and oxygen atoms in total. The fourth-order valence-electron chi connectivity index (χ4n) is 2.21. The molecule has 8 heteroatoms. The third-order valence-corrected chi connectivity index (χ3v) is 3.79. The molecule has 26 heavy (non-hydrogen) atoms. The summed E-state index contributed by atoms with van der Waals surface area (Å²) in [7, 11) is 3.24. The van der Waals surface area contributed by atoms with E-state index in [1.807, 2.05) is 48.5 Å². The molecule has 0 bridgehead atoms. The molecule has 0 atom stereocenters. The highest BCUT2D eigenvalue weighted by atomic mass is 32.1. The van der Waals surface area contributed by atoms with Crippen LogP contribution in [0.2, 0.25) is 0 Å².